The van der Waals surface area contributed by atoms with Crippen molar-refractivity contribution in [3.8, 4) is 5.69 Å². The Bertz CT molecular complexity index is 1730. The maximum Gasteiger partial charge on any atom is 0.416 e. The third kappa shape index (κ3) is 4.40. The highest BCUT2D eigenvalue weighted by Crippen LogP contribution is 2.47. The molecule has 206 valence electrons. The van der Waals surface area contributed by atoms with Crippen LogP contribution in [0.4, 0.5) is 17.6 Å². The van der Waals surface area contributed by atoms with Gasteiger partial charge in [0.25, 0.3) is 0 Å². The van der Waals surface area contributed by atoms with Crippen LogP contribution >= 0.6 is 11.3 Å². The first-order valence-corrected chi connectivity index (χ1v) is 14.6. The molecule has 6 nitrogen and oxygen atoms in total. The van der Waals surface area contributed by atoms with Gasteiger partial charge in [0, 0.05) is 13.1 Å². The Kier molecular flexibility index (Phi) is 6.32. The van der Waals surface area contributed by atoms with Crippen molar-refractivity contribution in [2.45, 2.75) is 23.9 Å². The fourth-order valence-corrected chi connectivity index (χ4v) is 7.68. The molecule has 1 aliphatic heterocycles. The van der Waals surface area contributed by atoms with Gasteiger partial charge in [0.1, 0.15) is 5.82 Å². The lowest BCUT2D eigenvalue weighted by atomic mass is 9.66. The molecule has 0 radical (unpaired) electrons. The first-order valence-electron chi connectivity index (χ1n) is 12.3. The van der Waals surface area contributed by atoms with E-state index in [1.54, 1.807) is 40.5 Å². The Morgan fingerprint density at radius 3 is 2.40 bits per heavy atom. The minimum atomic E-state index is -4.59. The molecule has 1 unspecified atom stereocenters. The summed E-state index contributed by atoms with van der Waals surface area (Å²) in [6.07, 6.45) is -0.680. The summed E-state index contributed by atoms with van der Waals surface area (Å²) in [5.41, 5.74) is 0.686. The summed E-state index contributed by atoms with van der Waals surface area (Å²) >= 11 is 1.26. The van der Waals surface area contributed by atoms with Crippen molar-refractivity contribution in [3.05, 3.63) is 105 Å². The van der Waals surface area contributed by atoms with Gasteiger partial charge >= 0.3 is 6.18 Å². The van der Waals surface area contributed by atoms with Crippen LogP contribution in [0.25, 0.3) is 11.8 Å². The number of carbonyl (C=O) groups excluding carboxylic acids is 1. The van der Waals surface area contributed by atoms with Gasteiger partial charge in [-0.1, -0.05) is 11.6 Å². The van der Waals surface area contributed by atoms with Crippen molar-refractivity contribution >= 4 is 33.2 Å². The molecule has 2 aliphatic rings. The summed E-state index contributed by atoms with van der Waals surface area (Å²) in [4.78, 5) is 14.3. The van der Waals surface area contributed by atoms with Gasteiger partial charge in [-0.3, -0.25) is 4.79 Å². The number of alkyl halides is 3. The number of benzene rings is 2. The highest BCUT2D eigenvalue weighted by Gasteiger charge is 2.51. The standard InChI is InChI=1S/C28H21F4N3O3S2/c29-21-5-7-22(8-6-21)35-24-14-20-11-12-34(40(37,38)23-9-3-19(4-10-23)28(30,31)32)17-27(20,15-18(24)16-33-35)26(36)25-2-1-13-39-25/h1-10,13-14,16H,11-12,15,17H2. The first-order chi connectivity index (χ1) is 19.0. The second kappa shape index (κ2) is 9.50. The molecule has 40 heavy (non-hydrogen) atoms. The van der Waals surface area contributed by atoms with Gasteiger partial charge in [-0.05, 0) is 84.5 Å². The van der Waals surface area contributed by atoms with E-state index in [1.165, 1.54) is 27.8 Å². The lowest BCUT2D eigenvalue weighted by molar-refractivity contribution is -0.137. The van der Waals surface area contributed by atoms with Gasteiger partial charge in [-0.15, -0.1) is 11.3 Å². The Morgan fingerprint density at radius 1 is 1.02 bits per heavy atom. The topological polar surface area (TPSA) is 72.3 Å². The minimum absolute atomic E-state index is 0.0503. The number of hydrogen-bond acceptors (Lipinski definition) is 5. The number of halogens is 4. The van der Waals surface area contributed by atoms with Crippen LogP contribution in [0, 0.1) is 11.2 Å². The van der Waals surface area contributed by atoms with E-state index in [9.17, 15) is 30.8 Å². The van der Waals surface area contributed by atoms with Crippen LogP contribution in [-0.4, -0.2) is 41.4 Å². The number of nitrogens with zero attached hydrogens (tertiary/aromatic N) is 3. The molecule has 1 saturated heterocycles. The van der Waals surface area contributed by atoms with Crippen molar-refractivity contribution in [2.24, 2.45) is 5.41 Å². The van der Waals surface area contributed by atoms with E-state index in [2.05, 4.69) is 5.10 Å². The van der Waals surface area contributed by atoms with Crippen LogP contribution in [0.15, 0.2) is 82.7 Å². The van der Waals surface area contributed by atoms with Crippen LogP contribution < -0.4 is 0 Å². The smallest absolute Gasteiger partial charge is 0.292 e. The molecule has 0 bridgehead atoms. The van der Waals surface area contributed by atoms with E-state index in [-0.39, 0.29) is 42.4 Å². The predicted octanol–water partition coefficient (Wildman–Crippen LogP) is 6.00. The summed E-state index contributed by atoms with van der Waals surface area (Å²) in [6, 6.07) is 12.7. The van der Waals surface area contributed by atoms with Crippen LogP contribution in [0.5, 0.6) is 0 Å². The maximum atomic E-state index is 14.1. The normalized spacial score (nSPS) is 19.6. The number of piperidine rings is 1. The molecule has 2 aromatic heterocycles. The number of ketones is 1. The lowest BCUT2D eigenvalue weighted by Crippen LogP contribution is -2.53. The zero-order valence-corrected chi connectivity index (χ0v) is 22.4. The summed E-state index contributed by atoms with van der Waals surface area (Å²) in [7, 11) is -4.20. The van der Waals surface area contributed by atoms with Gasteiger partial charge in [0.05, 0.1) is 38.3 Å². The number of hydrogen-bond donors (Lipinski definition) is 0. The first kappa shape index (κ1) is 26.6. The maximum absolute atomic E-state index is 14.1. The van der Waals surface area contributed by atoms with E-state index < -0.39 is 27.2 Å². The number of Topliss-reactive ketones (excluding diaryl/α,β-unsaturated/α-hetero) is 1. The van der Waals surface area contributed by atoms with Crippen molar-refractivity contribution < 1.29 is 30.8 Å². The van der Waals surface area contributed by atoms with E-state index in [0.717, 1.165) is 41.1 Å². The fourth-order valence-electron chi connectivity index (χ4n) is 5.42. The molecule has 0 saturated carbocycles. The summed E-state index contributed by atoms with van der Waals surface area (Å²) < 4.78 is 82.7. The van der Waals surface area contributed by atoms with E-state index in [1.807, 2.05) is 6.08 Å². The van der Waals surface area contributed by atoms with Crippen LogP contribution in [0.3, 0.4) is 0 Å². The number of carbonyl (C=O) groups is 1. The third-order valence-corrected chi connectivity index (χ3v) is 10.2. The van der Waals surface area contributed by atoms with E-state index in [4.69, 9.17) is 0 Å². The Hall–Kier alpha value is -3.61. The van der Waals surface area contributed by atoms with Crippen LogP contribution in [-0.2, 0) is 22.6 Å². The summed E-state index contributed by atoms with van der Waals surface area (Å²) in [6.45, 7) is -0.116. The molecule has 0 N–H and O–H groups in total. The summed E-state index contributed by atoms with van der Waals surface area (Å²) in [5, 5.41) is 6.24. The SMILES string of the molecule is O=C(c1cccs1)C12Cc3cnn(-c4ccc(F)cc4)c3C=C1CCN(S(=O)(=O)c1ccc(C(F)(F)F)cc1)C2. The lowest BCUT2D eigenvalue weighted by Gasteiger charge is -2.44. The molecule has 6 rings (SSSR count). The second-order valence-corrected chi connectivity index (χ2v) is 12.7. The van der Waals surface area contributed by atoms with Crippen LogP contribution in [0.1, 0.15) is 32.9 Å². The van der Waals surface area contributed by atoms with Crippen LogP contribution in [0.2, 0.25) is 0 Å². The van der Waals surface area contributed by atoms with E-state index >= 15 is 0 Å². The van der Waals surface area contributed by atoms with Gasteiger partial charge in [0.2, 0.25) is 10.0 Å². The zero-order chi connectivity index (χ0) is 28.3. The number of fused-ring (bicyclic) bond motifs is 2. The molecule has 1 atom stereocenters. The number of sulfonamides is 1. The molecule has 12 heteroatoms. The molecular formula is C28H21F4N3O3S2. The van der Waals surface area contributed by atoms with Gasteiger partial charge in [0.15, 0.2) is 5.78 Å². The average molecular weight is 588 g/mol. The quantitative estimate of drug-likeness (QED) is 0.212. The number of thiophene rings is 1. The molecule has 1 aliphatic carbocycles. The highest BCUT2D eigenvalue weighted by molar-refractivity contribution is 7.89. The number of aromatic nitrogens is 2. The Labute approximate surface area is 231 Å². The molecule has 4 aromatic rings. The Morgan fingerprint density at radius 2 is 1.75 bits per heavy atom. The van der Waals surface area contributed by atoms with Crippen molar-refractivity contribution in [1.29, 1.82) is 0 Å². The van der Waals surface area contributed by atoms with Crippen molar-refractivity contribution in [2.75, 3.05) is 13.1 Å². The summed E-state index contributed by atoms with van der Waals surface area (Å²) in [5.74, 6) is -0.605. The number of rotatable bonds is 5. The van der Waals surface area contributed by atoms with Gasteiger partial charge in [-0.25, -0.2) is 17.5 Å². The van der Waals surface area contributed by atoms with Crippen molar-refractivity contribution in [3.63, 3.8) is 0 Å². The monoisotopic (exact) mass is 587 g/mol. The van der Waals surface area contributed by atoms with Gasteiger partial charge < -0.3 is 0 Å². The highest BCUT2D eigenvalue weighted by atomic mass is 32.2. The van der Waals surface area contributed by atoms with Gasteiger partial charge in [-0.2, -0.15) is 22.6 Å². The Balaban J connectivity index is 1.40. The molecule has 1 fully saturated rings. The zero-order valence-electron chi connectivity index (χ0n) is 20.7. The predicted molar refractivity (Wildman–Crippen MR) is 141 cm³/mol. The third-order valence-electron chi connectivity index (χ3n) is 7.45. The minimum Gasteiger partial charge on any atom is -0.292 e. The molecular weight excluding hydrogens is 566 g/mol. The molecule has 0 spiro atoms. The molecule has 0 amide bonds. The fraction of sp³-hybridized carbons (Fsp3) is 0.214. The van der Waals surface area contributed by atoms with Crippen molar-refractivity contribution in [1.82, 2.24) is 14.1 Å². The average Bonchev–Trinajstić information content (AvgIpc) is 3.61. The largest absolute Gasteiger partial charge is 0.416 e. The molecule has 3 heterocycles. The van der Waals surface area contributed by atoms with E-state index in [0.29, 0.717) is 10.6 Å². The second-order valence-electron chi connectivity index (χ2n) is 9.79. The molecule has 2 aromatic carbocycles.